The average Bonchev–Trinajstić information content (AvgIpc) is 3.60. The van der Waals surface area contributed by atoms with E-state index in [1.54, 1.807) is 25.3 Å². The van der Waals surface area contributed by atoms with Crippen molar-refractivity contribution in [1.82, 2.24) is 20.6 Å². The molecule has 0 radical (unpaired) electrons. The Morgan fingerprint density at radius 3 is 2.56 bits per heavy atom. The Kier molecular flexibility index (Phi) is 8.62. The van der Waals surface area contributed by atoms with Crippen molar-refractivity contribution in [2.45, 2.75) is 19.3 Å². The third kappa shape index (κ3) is 6.84. The van der Waals surface area contributed by atoms with E-state index < -0.39 is 5.82 Å². The molecule has 1 saturated carbocycles. The summed E-state index contributed by atoms with van der Waals surface area (Å²) in [6.07, 6.45) is 3.88. The fraction of sp³-hybridized carbons (Fsp3) is 0.312. The minimum Gasteiger partial charge on any atom is -0.493 e. The van der Waals surface area contributed by atoms with Gasteiger partial charge in [0.1, 0.15) is 6.33 Å². The van der Waals surface area contributed by atoms with Crippen molar-refractivity contribution >= 4 is 39.8 Å². The van der Waals surface area contributed by atoms with Gasteiger partial charge in [0.15, 0.2) is 28.2 Å². The first-order valence-electron chi connectivity index (χ1n) is 14.2. The molecule has 1 unspecified atom stereocenters. The van der Waals surface area contributed by atoms with Gasteiger partial charge in [-0.3, -0.25) is 4.79 Å². The van der Waals surface area contributed by atoms with Gasteiger partial charge in [-0.1, -0.05) is 30.3 Å². The summed E-state index contributed by atoms with van der Waals surface area (Å²) in [5.74, 6) is 2.35. The zero-order valence-electron chi connectivity index (χ0n) is 23.6. The number of carbonyl (C=O) groups is 1. The predicted molar refractivity (Wildman–Crippen MR) is 165 cm³/mol. The summed E-state index contributed by atoms with van der Waals surface area (Å²) >= 11 is 5.23. The maximum absolute atomic E-state index is 15.1. The van der Waals surface area contributed by atoms with Crippen LogP contribution in [0.1, 0.15) is 18.4 Å². The lowest BCUT2D eigenvalue weighted by molar-refractivity contribution is -0.119. The topological polar surface area (TPSA) is 107 Å². The van der Waals surface area contributed by atoms with Gasteiger partial charge in [-0.2, -0.15) is 0 Å². The van der Waals surface area contributed by atoms with Gasteiger partial charge in [0, 0.05) is 17.8 Å². The molecule has 1 amide bonds. The molecule has 3 N–H and O–H groups in total. The van der Waals surface area contributed by atoms with Gasteiger partial charge in [0.05, 0.1) is 31.0 Å². The van der Waals surface area contributed by atoms with Crippen LogP contribution in [0.3, 0.4) is 0 Å². The SMILES string of the molecule is COc1cc2c(Oc3ccc(NC(=S)NC(=O)Cc4ccccc4)cc3F)ncnc2cc1OCC1C[C@H]2CNC[C@H]2C1. The number of methoxy groups -OCH3 is 1. The van der Waals surface area contributed by atoms with Crippen molar-refractivity contribution in [3.63, 3.8) is 0 Å². The van der Waals surface area contributed by atoms with E-state index in [-0.39, 0.29) is 29.1 Å². The number of aromatic nitrogens is 2. The molecule has 4 aromatic rings. The number of anilines is 1. The molecule has 222 valence electrons. The molecule has 2 aliphatic rings. The Morgan fingerprint density at radius 1 is 1.02 bits per heavy atom. The van der Waals surface area contributed by atoms with Crippen LogP contribution in [0.4, 0.5) is 10.1 Å². The number of halogens is 1. The zero-order chi connectivity index (χ0) is 29.8. The largest absolute Gasteiger partial charge is 0.493 e. The number of amides is 1. The van der Waals surface area contributed by atoms with Gasteiger partial charge in [0.25, 0.3) is 0 Å². The van der Waals surface area contributed by atoms with Crippen molar-refractivity contribution in [3.8, 4) is 23.1 Å². The second-order valence-electron chi connectivity index (χ2n) is 10.9. The summed E-state index contributed by atoms with van der Waals surface area (Å²) in [4.78, 5) is 20.9. The molecule has 1 aliphatic heterocycles. The molecule has 43 heavy (non-hydrogen) atoms. The smallest absolute Gasteiger partial charge is 0.230 e. The number of nitrogens with zero attached hydrogens (tertiary/aromatic N) is 2. The van der Waals surface area contributed by atoms with Gasteiger partial charge in [-0.25, -0.2) is 14.4 Å². The van der Waals surface area contributed by atoms with Gasteiger partial charge in [-0.05, 0) is 79.7 Å². The Bertz CT molecular complexity index is 1630. The Balaban J connectivity index is 1.10. The number of ether oxygens (including phenoxy) is 3. The number of carbonyl (C=O) groups excluding carboxylic acids is 1. The van der Waals surface area contributed by atoms with Crippen molar-refractivity contribution < 1.29 is 23.4 Å². The zero-order valence-corrected chi connectivity index (χ0v) is 24.5. The molecule has 2 heterocycles. The standard InChI is InChI=1S/C32H32FN5O4S/c1-40-28-13-24-26(14-29(28)41-17-20-9-21-15-34-16-22(21)10-20)35-18-36-31(24)42-27-8-7-23(12-25(27)33)37-32(43)38-30(39)11-19-5-3-2-4-6-19/h2-8,12-14,18,20-22,34H,9-11,15-17H2,1H3,(H2,37,38,39,43)/t20?,21-,22+. The predicted octanol–water partition coefficient (Wildman–Crippen LogP) is 5.25. The van der Waals surface area contributed by atoms with Crippen molar-refractivity contribution in [2.24, 2.45) is 17.8 Å². The second kappa shape index (κ2) is 12.9. The molecule has 1 aliphatic carbocycles. The Labute approximate surface area is 254 Å². The van der Waals surface area contributed by atoms with E-state index in [9.17, 15) is 4.79 Å². The van der Waals surface area contributed by atoms with Gasteiger partial charge >= 0.3 is 0 Å². The van der Waals surface area contributed by atoms with Crippen LogP contribution in [-0.2, 0) is 11.2 Å². The highest BCUT2D eigenvalue weighted by atomic mass is 32.1. The first-order valence-corrected chi connectivity index (χ1v) is 14.6. The molecule has 0 spiro atoms. The van der Waals surface area contributed by atoms with Crippen LogP contribution < -0.4 is 30.2 Å². The highest BCUT2D eigenvalue weighted by Crippen LogP contribution is 2.40. The van der Waals surface area contributed by atoms with E-state index in [4.69, 9.17) is 26.4 Å². The van der Waals surface area contributed by atoms with Crippen molar-refractivity contribution in [3.05, 3.63) is 78.4 Å². The number of hydrogen-bond donors (Lipinski definition) is 3. The highest BCUT2D eigenvalue weighted by molar-refractivity contribution is 7.80. The summed E-state index contributed by atoms with van der Waals surface area (Å²) in [5.41, 5.74) is 1.80. The highest BCUT2D eigenvalue weighted by Gasteiger charge is 2.37. The molecule has 3 atom stereocenters. The van der Waals surface area contributed by atoms with E-state index in [0.717, 1.165) is 30.5 Å². The number of fused-ring (bicyclic) bond motifs is 2. The molecule has 2 fully saturated rings. The molecule has 3 aromatic carbocycles. The van der Waals surface area contributed by atoms with Crippen LogP contribution in [-0.4, -0.2) is 47.8 Å². The van der Waals surface area contributed by atoms with Crippen LogP contribution in [0.2, 0.25) is 0 Å². The lowest BCUT2D eigenvalue weighted by Crippen LogP contribution is -2.35. The molecular weight excluding hydrogens is 569 g/mol. The average molecular weight is 602 g/mol. The summed E-state index contributed by atoms with van der Waals surface area (Å²) in [6.45, 7) is 2.82. The van der Waals surface area contributed by atoms with E-state index in [0.29, 0.717) is 40.6 Å². The lowest BCUT2D eigenvalue weighted by atomic mass is 10.0. The molecular formula is C32H32FN5O4S. The summed E-state index contributed by atoms with van der Waals surface area (Å²) in [7, 11) is 1.57. The molecule has 0 bridgehead atoms. The monoisotopic (exact) mass is 601 g/mol. The maximum Gasteiger partial charge on any atom is 0.230 e. The van der Waals surface area contributed by atoms with Crippen molar-refractivity contribution in [2.75, 3.05) is 32.1 Å². The van der Waals surface area contributed by atoms with Gasteiger partial charge in [-0.15, -0.1) is 0 Å². The van der Waals surface area contributed by atoms with Crippen LogP contribution >= 0.6 is 12.2 Å². The Morgan fingerprint density at radius 2 is 1.81 bits per heavy atom. The summed E-state index contributed by atoms with van der Waals surface area (Å²) in [5, 5.41) is 9.53. The van der Waals surface area contributed by atoms with E-state index in [1.165, 1.54) is 31.3 Å². The van der Waals surface area contributed by atoms with Crippen LogP contribution in [0.15, 0.2) is 67.0 Å². The van der Waals surface area contributed by atoms with Crippen molar-refractivity contribution in [1.29, 1.82) is 0 Å². The van der Waals surface area contributed by atoms with Gasteiger partial charge in [0.2, 0.25) is 11.8 Å². The molecule has 6 rings (SSSR count). The van der Waals surface area contributed by atoms with E-state index >= 15 is 4.39 Å². The molecule has 9 nitrogen and oxygen atoms in total. The first-order chi connectivity index (χ1) is 20.9. The van der Waals surface area contributed by atoms with Crippen LogP contribution in [0, 0.1) is 23.6 Å². The number of benzene rings is 3. The van der Waals surface area contributed by atoms with Crippen LogP contribution in [0.5, 0.6) is 23.1 Å². The minimum absolute atomic E-state index is 0.0369. The van der Waals surface area contributed by atoms with Crippen LogP contribution in [0.25, 0.3) is 10.9 Å². The van der Waals surface area contributed by atoms with E-state index in [2.05, 4.69) is 25.9 Å². The van der Waals surface area contributed by atoms with Gasteiger partial charge < -0.3 is 30.2 Å². The maximum atomic E-state index is 15.1. The number of thiocarbonyl (C=S) groups is 1. The third-order valence-electron chi connectivity index (χ3n) is 7.97. The Hall–Kier alpha value is -4.35. The fourth-order valence-electron chi connectivity index (χ4n) is 5.91. The normalized spacial score (nSPS) is 19.1. The summed E-state index contributed by atoms with van der Waals surface area (Å²) in [6, 6.07) is 17.1. The second-order valence-corrected chi connectivity index (χ2v) is 11.3. The quantitative estimate of drug-likeness (QED) is 0.222. The number of nitrogens with one attached hydrogen (secondary N) is 3. The first kappa shape index (κ1) is 28.8. The molecule has 1 saturated heterocycles. The number of hydrogen-bond acceptors (Lipinski definition) is 8. The fourth-order valence-corrected chi connectivity index (χ4v) is 6.14. The lowest BCUT2D eigenvalue weighted by Gasteiger charge is -2.16. The minimum atomic E-state index is -0.640. The van der Waals surface area contributed by atoms with E-state index in [1.807, 2.05) is 30.3 Å². The molecule has 1 aromatic heterocycles. The summed E-state index contributed by atoms with van der Waals surface area (Å²) < 4.78 is 32.8. The third-order valence-corrected chi connectivity index (χ3v) is 8.17. The molecule has 11 heteroatoms. The number of rotatable bonds is 9.